The van der Waals surface area contributed by atoms with Gasteiger partial charge in [-0.15, -0.1) is 0 Å². The van der Waals surface area contributed by atoms with Gasteiger partial charge in [0.1, 0.15) is 0 Å². The monoisotopic (exact) mass is 218 g/mol. The number of amides is 1. The second-order valence-electron chi connectivity index (χ2n) is 4.66. The van der Waals surface area contributed by atoms with Gasteiger partial charge in [0.2, 0.25) is 11.6 Å². The van der Waals surface area contributed by atoms with Crippen molar-refractivity contribution in [3.05, 3.63) is 0 Å². The predicted molar refractivity (Wildman–Crippen MR) is 53.9 cm³/mol. The van der Waals surface area contributed by atoms with Crippen LogP contribution in [0.1, 0.15) is 27.2 Å². The molecule has 6 heteroatoms. The maximum absolute atomic E-state index is 11.0. The number of hydrogen-bond acceptors (Lipinski definition) is 4. The van der Waals surface area contributed by atoms with Crippen LogP contribution >= 0.6 is 0 Å². The second kappa shape index (κ2) is 4.59. The van der Waals surface area contributed by atoms with Crippen LogP contribution in [0.25, 0.3) is 0 Å². The van der Waals surface area contributed by atoms with Gasteiger partial charge in [0.15, 0.2) is 0 Å². The predicted octanol–water partition coefficient (Wildman–Crippen LogP) is -0.729. The lowest BCUT2D eigenvalue weighted by atomic mass is 9.86. The minimum absolute atomic E-state index is 0.0962. The molecule has 0 rings (SSSR count). The summed E-state index contributed by atoms with van der Waals surface area (Å²) in [5.41, 5.74) is 2.34. The summed E-state index contributed by atoms with van der Waals surface area (Å²) in [7, 11) is 0. The summed E-state index contributed by atoms with van der Waals surface area (Å²) >= 11 is 0. The third kappa shape index (κ3) is 4.75. The summed E-state index contributed by atoms with van der Waals surface area (Å²) in [6, 6.07) is 0. The summed E-state index contributed by atoms with van der Waals surface area (Å²) < 4.78 is 0. The number of carbonyl (C=O) groups is 2. The van der Waals surface area contributed by atoms with E-state index >= 15 is 0 Å². The Morgan fingerprint density at radius 3 is 2.07 bits per heavy atom. The van der Waals surface area contributed by atoms with Crippen LogP contribution in [-0.4, -0.2) is 34.4 Å². The van der Waals surface area contributed by atoms with Gasteiger partial charge >= 0.3 is 5.97 Å². The van der Waals surface area contributed by atoms with E-state index in [2.05, 4.69) is 0 Å². The molecular formula is C9H18N2O4. The molecule has 0 saturated carbocycles. The van der Waals surface area contributed by atoms with Crippen molar-refractivity contribution >= 4 is 11.9 Å². The van der Waals surface area contributed by atoms with Crippen LogP contribution < -0.4 is 11.1 Å². The van der Waals surface area contributed by atoms with Gasteiger partial charge in [0.05, 0.1) is 6.54 Å². The Bertz CT molecular complexity index is 259. The lowest BCUT2D eigenvalue weighted by Gasteiger charge is -2.31. The van der Waals surface area contributed by atoms with Crippen molar-refractivity contribution in [2.75, 3.05) is 6.54 Å². The molecule has 0 saturated heterocycles. The van der Waals surface area contributed by atoms with E-state index in [9.17, 15) is 14.7 Å². The fourth-order valence-corrected chi connectivity index (χ4v) is 1.22. The van der Waals surface area contributed by atoms with Crippen LogP contribution in [0.2, 0.25) is 0 Å². The first-order chi connectivity index (χ1) is 6.60. The Morgan fingerprint density at radius 2 is 1.80 bits per heavy atom. The van der Waals surface area contributed by atoms with Crippen molar-refractivity contribution < 1.29 is 19.8 Å². The number of aliphatic hydroxyl groups is 1. The van der Waals surface area contributed by atoms with E-state index in [1.807, 2.05) is 5.32 Å². The molecular weight excluding hydrogens is 200 g/mol. The molecule has 5 N–H and O–H groups in total. The Labute approximate surface area is 88.5 Å². The average Bonchev–Trinajstić information content (AvgIpc) is 2.00. The molecule has 0 aromatic heterocycles. The van der Waals surface area contributed by atoms with Gasteiger partial charge in [-0.1, -0.05) is 20.8 Å². The molecule has 1 unspecified atom stereocenters. The normalized spacial score (nSPS) is 15.5. The fraction of sp³-hybridized carbons (Fsp3) is 0.778. The number of carboxylic acids is 1. The van der Waals surface area contributed by atoms with Gasteiger partial charge in [-0.2, -0.15) is 0 Å². The van der Waals surface area contributed by atoms with Gasteiger partial charge in [0, 0.05) is 6.42 Å². The molecule has 88 valence electrons. The number of nitrogens with two attached hydrogens (primary N) is 1. The summed E-state index contributed by atoms with van der Waals surface area (Å²) in [5, 5.41) is 20.6. The summed E-state index contributed by atoms with van der Waals surface area (Å²) in [6.07, 6.45) is -0.0962. The number of aliphatic carboxylic acids is 1. The topological polar surface area (TPSA) is 113 Å². The summed E-state index contributed by atoms with van der Waals surface area (Å²) in [6.45, 7) is 4.92. The SMILES string of the molecule is CC(C)(C)CC(O)(NC(=O)CN)C(=O)O. The number of nitrogens with one attached hydrogen (secondary N) is 1. The third-order valence-electron chi connectivity index (χ3n) is 1.67. The third-order valence-corrected chi connectivity index (χ3v) is 1.67. The van der Waals surface area contributed by atoms with Gasteiger partial charge in [-0.25, -0.2) is 4.79 Å². The molecule has 0 bridgehead atoms. The molecule has 0 aromatic rings. The molecule has 15 heavy (non-hydrogen) atoms. The lowest BCUT2D eigenvalue weighted by molar-refractivity contribution is -0.169. The fourth-order valence-electron chi connectivity index (χ4n) is 1.22. The number of hydrogen-bond donors (Lipinski definition) is 4. The molecule has 1 amide bonds. The smallest absolute Gasteiger partial charge is 0.357 e. The Balaban J connectivity index is 4.75. The van der Waals surface area contributed by atoms with E-state index in [1.165, 1.54) is 0 Å². The van der Waals surface area contributed by atoms with E-state index in [-0.39, 0.29) is 13.0 Å². The van der Waals surface area contributed by atoms with Crippen molar-refractivity contribution in [1.82, 2.24) is 5.32 Å². The van der Waals surface area contributed by atoms with Crippen LogP contribution in [0.4, 0.5) is 0 Å². The standard InChI is InChI=1S/C9H18N2O4/c1-8(2,3)5-9(15,7(13)14)11-6(12)4-10/h15H,4-5,10H2,1-3H3,(H,11,12)(H,13,14). The van der Waals surface area contributed by atoms with Crippen LogP contribution in [0.3, 0.4) is 0 Å². The second-order valence-corrected chi connectivity index (χ2v) is 4.66. The van der Waals surface area contributed by atoms with Gasteiger partial charge in [-0.3, -0.25) is 4.79 Å². The highest BCUT2D eigenvalue weighted by molar-refractivity contribution is 5.86. The Kier molecular flexibility index (Phi) is 4.24. The summed E-state index contributed by atoms with van der Waals surface area (Å²) in [4.78, 5) is 21.8. The molecule has 0 aromatic carbocycles. The Morgan fingerprint density at radius 1 is 1.33 bits per heavy atom. The molecule has 0 spiro atoms. The minimum atomic E-state index is -2.26. The first-order valence-corrected chi connectivity index (χ1v) is 4.57. The van der Waals surface area contributed by atoms with E-state index in [1.54, 1.807) is 20.8 Å². The maximum Gasteiger partial charge on any atom is 0.357 e. The number of carboxylic acid groups (broad SMARTS) is 1. The highest BCUT2D eigenvalue weighted by Gasteiger charge is 2.40. The quantitative estimate of drug-likeness (QED) is 0.465. The molecule has 0 aliphatic carbocycles. The lowest BCUT2D eigenvalue weighted by Crippen LogP contribution is -2.57. The van der Waals surface area contributed by atoms with Gasteiger partial charge in [-0.05, 0) is 5.41 Å². The minimum Gasteiger partial charge on any atom is -0.478 e. The number of rotatable bonds is 4. The van der Waals surface area contributed by atoms with Crippen LogP contribution in [0, 0.1) is 5.41 Å². The highest BCUT2D eigenvalue weighted by Crippen LogP contribution is 2.25. The van der Waals surface area contributed by atoms with E-state index in [0.29, 0.717) is 0 Å². The zero-order chi connectivity index (χ0) is 12.3. The molecule has 6 nitrogen and oxygen atoms in total. The number of carbonyl (C=O) groups excluding carboxylic acids is 1. The molecule has 0 heterocycles. The van der Waals surface area contributed by atoms with Crippen LogP contribution in [0.15, 0.2) is 0 Å². The first kappa shape index (κ1) is 13.9. The van der Waals surface area contributed by atoms with Crippen LogP contribution in [-0.2, 0) is 9.59 Å². The van der Waals surface area contributed by atoms with Crippen molar-refractivity contribution in [3.8, 4) is 0 Å². The van der Waals surface area contributed by atoms with Crippen molar-refractivity contribution in [3.63, 3.8) is 0 Å². The Hall–Kier alpha value is -1.14. The molecule has 0 radical (unpaired) electrons. The van der Waals surface area contributed by atoms with Crippen LogP contribution in [0.5, 0.6) is 0 Å². The van der Waals surface area contributed by atoms with Crippen molar-refractivity contribution in [2.45, 2.75) is 32.9 Å². The first-order valence-electron chi connectivity index (χ1n) is 4.57. The largest absolute Gasteiger partial charge is 0.478 e. The molecule has 1 atom stereocenters. The zero-order valence-corrected chi connectivity index (χ0v) is 9.20. The average molecular weight is 218 g/mol. The van der Waals surface area contributed by atoms with Crippen molar-refractivity contribution in [2.24, 2.45) is 11.1 Å². The zero-order valence-electron chi connectivity index (χ0n) is 9.20. The van der Waals surface area contributed by atoms with Crippen molar-refractivity contribution in [1.29, 1.82) is 0 Å². The molecule has 0 fully saturated rings. The van der Waals surface area contributed by atoms with Gasteiger partial charge < -0.3 is 21.3 Å². The maximum atomic E-state index is 11.0. The molecule has 0 aliphatic rings. The van der Waals surface area contributed by atoms with E-state index in [0.717, 1.165) is 0 Å². The highest BCUT2D eigenvalue weighted by atomic mass is 16.4. The molecule has 0 aliphatic heterocycles. The summed E-state index contributed by atoms with van der Waals surface area (Å²) in [5.74, 6) is -2.19. The van der Waals surface area contributed by atoms with E-state index in [4.69, 9.17) is 10.8 Å². The van der Waals surface area contributed by atoms with E-state index < -0.39 is 23.0 Å². The van der Waals surface area contributed by atoms with Gasteiger partial charge in [0.25, 0.3) is 0 Å².